The molecule has 0 bridgehead atoms. The molecule has 6 heterocycles. The number of hydrogen-bond acceptors (Lipinski definition) is 12. The van der Waals surface area contributed by atoms with Crippen LogP contribution < -0.4 is 22.5 Å². The van der Waals surface area contributed by atoms with Crippen LogP contribution in [-0.2, 0) is 9.47 Å². The van der Waals surface area contributed by atoms with Gasteiger partial charge in [-0.25, -0.2) is 9.59 Å². The average Bonchev–Trinajstić information content (AvgIpc) is 3.80. The molecule has 2 aliphatic rings. The molecule has 6 atom stereocenters. The molecule has 2 saturated heterocycles. The number of rotatable bonds is 5. The second kappa shape index (κ2) is 14.9. The van der Waals surface area contributed by atoms with E-state index in [0.29, 0.717) is 9.33 Å². The molecule has 0 aliphatic carbocycles. The fourth-order valence-electron chi connectivity index (χ4n) is 4.44. The van der Waals surface area contributed by atoms with Crippen molar-refractivity contribution >= 4 is 22.6 Å². The Kier molecular flexibility index (Phi) is 11.3. The monoisotopic (exact) mass is 730 g/mol. The van der Waals surface area contributed by atoms with E-state index >= 15 is 0 Å². The fourth-order valence-corrected chi connectivity index (χ4v) is 4.88. The molecule has 0 spiro atoms. The molecule has 2 fully saturated rings. The second-order valence-electron chi connectivity index (χ2n) is 9.78. The highest BCUT2D eigenvalue weighted by Gasteiger charge is 2.36. The smallest absolute Gasteiger partial charge is 0.330 e. The summed E-state index contributed by atoms with van der Waals surface area (Å²) >= 11 is 1.80. The molecule has 16 nitrogen and oxygen atoms in total. The number of nitrogens with zero attached hydrogens (tertiary/aromatic N) is 2. The Hall–Kier alpha value is -3.59. The van der Waals surface area contributed by atoms with Gasteiger partial charge in [0.1, 0.15) is 36.2 Å². The minimum absolute atomic E-state index is 0.148. The first-order valence-corrected chi connectivity index (χ1v) is 14.4. The summed E-state index contributed by atoms with van der Waals surface area (Å²) in [4.78, 5) is 50.8. The molecular formula is C27H31IN4O12. The molecule has 0 saturated carbocycles. The van der Waals surface area contributed by atoms with Crippen LogP contribution in [0.15, 0.2) is 77.2 Å². The number of ether oxygens (including phenoxy) is 2. The lowest BCUT2D eigenvalue weighted by molar-refractivity contribution is -0.0459. The third-order valence-electron chi connectivity index (χ3n) is 6.73. The standard InChI is InChI=1S/C13H14N2O6.C9H11IN2O5.C5H6O/c16-6-10-8(17)4-11(21-10)15-5-7(9-2-1-3-20-9)12(18)14-13(15)19;10-4-2-12(9(16)11-8(4)15)7-1-5(14)6(3-13)17-7;1-5-3-2-4-6-5/h1-3,5,8,10-11,16-17H,4,6H2,(H,14,18,19);2,5-7,13-14H,1,3H2,(H,11,15,16);2-4H,1H3/t8?,10-,11-;5?,6-,7-;/m11./s1. The molecule has 44 heavy (non-hydrogen) atoms. The van der Waals surface area contributed by atoms with Crippen molar-refractivity contribution in [2.75, 3.05) is 13.2 Å². The number of aliphatic hydroxyl groups excluding tert-OH is 4. The number of aromatic amines is 2. The summed E-state index contributed by atoms with van der Waals surface area (Å²) < 4.78 is 23.5. The number of furan rings is 2. The quantitative estimate of drug-likeness (QED) is 0.147. The first-order valence-electron chi connectivity index (χ1n) is 13.3. The maximum atomic E-state index is 11.9. The highest BCUT2D eigenvalue weighted by molar-refractivity contribution is 14.1. The Bertz CT molecular complexity index is 1730. The molecular weight excluding hydrogens is 699 g/mol. The summed E-state index contributed by atoms with van der Waals surface area (Å²) in [5, 5.41) is 37.3. The Morgan fingerprint density at radius 2 is 1.34 bits per heavy atom. The summed E-state index contributed by atoms with van der Waals surface area (Å²) in [5.74, 6) is 1.29. The van der Waals surface area contributed by atoms with Crippen LogP contribution in [0.5, 0.6) is 0 Å². The van der Waals surface area contributed by atoms with Crippen LogP contribution in [0.25, 0.3) is 11.3 Å². The normalized spacial score (nSPS) is 24.3. The molecule has 6 N–H and O–H groups in total. The SMILES string of the molecule is Cc1ccco1.O=c1[nH]c(=O)n([C@H]2CC(O)[C@@H](CO)O2)cc1-c1ccco1.O=c1[nH]c(=O)n([C@H]2CC(O)[C@@H](CO)O2)cc1I. The summed E-state index contributed by atoms with van der Waals surface area (Å²) in [5.41, 5.74) is -2.07. The second-order valence-corrected chi connectivity index (χ2v) is 10.9. The lowest BCUT2D eigenvalue weighted by Crippen LogP contribution is -2.33. The van der Waals surface area contributed by atoms with Crippen molar-refractivity contribution in [3.8, 4) is 11.3 Å². The minimum atomic E-state index is -0.870. The molecule has 2 unspecified atom stereocenters. The maximum absolute atomic E-state index is 11.9. The van der Waals surface area contributed by atoms with Crippen LogP contribution >= 0.6 is 22.6 Å². The third-order valence-corrected chi connectivity index (χ3v) is 7.50. The van der Waals surface area contributed by atoms with Crippen molar-refractivity contribution in [2.24, 2.45) is 0 Å². The number of H-pyrrole nitrogens is 2. The lowest BCUT2D eigenvalue weighted by atomic mass is 10.2. The van der Waals surface area contributed by atoms with Gasteiger partial charge in [-0.15, -0.1) is 0 Å². The van der Waals surface area contributed by atoms with Crippen LogP contribution in [0.4, 0.5) is 0 Å². The van der Waals surface area contributed by atoms with Crippen LogP contribution in [0.2, 0.25) is 0 Å². The summed E-state index contributed by atoms with van der Waals surface area (Å²) in [6.07, 6.45) is 1.58. The van der Waals surface area contributed by atoms with Gasteiger partial charge in [0.15, 0.2) is 0 Å². The summed E-state index contributed by atoms with van der Waals surface area (Å²) in [6, 6.07) is 7.01. The van der Waals surface area contributed by atoms with E-state index in [1.165, 1.54) is 27.8 Å². The van der Waals surface area contributed by atoms with Gasteiger partial charge in [-0.05, 0) is 53.8 Å². The molecule has 4 aromatic rings. The molecule has 0 aromatic carbocycles. The summed E-state index contributed by atoms with van der Waals surface area (Å²) in [7, 11) is 0. The number of hydrogen-bond donors (Lipinski definition) is 6. The zero-order chi connectivity index (χ0) is 32.0. The molecule has 2 aliphatic heterocycles. The van der Waals surface area contributed by atoms with E-state index in [2.05, 4.69) is 9.97 Å². The van der Waals surface area contributed by atoms with Crippen molar-refractivity contribution in [1.29, 1.82) is 0 Å². The number of nitrogens with one attached hydrogen (secondary N) is 2. The Morgan fingerprint density at radius 3 is 1.77 bits per heavy atom. The minimum Gasteiger partial charge on any atom is -0.470 e. The fraction of sp³-hybridized carbons (Fsp3) is 0.407. The van der Waals surface area contributed by atoms with Crippen LogP contribution in [0.3, 0.4) is 0 Å². The van der Waals surface area contributed by atoms with E-state index < -0.39 is 59.4 Å². The summed E-state index contributed by atoms with van der Waals surface area (Å²) in [6.45, 7) is 1.26. The average molecular weight is 730 g/mol. The zero-order valence-electron chi connectivity index (χ0n) is 23.2. The number of aromatic nitrogens is 4. The first kappa shape index (κ1) is 33.3. The van der Waals surface area contributed by atoms with Gasteiger partial charge in [0.2, 0.25) is 0 Å². The largest absolute Gasteiger partial charge is 0.470 e. The first-order chi connectivity index (χ1) is 21.0. The molecule has 6 rings (SSSR count). The third kappa shape index (κ3) is 7.92. The molecule has 0 amide bonds. The lowest BCUT2D eigenvalue weighted by Gasteiger charge is -2.14. The van der Waals surface area contributed by atoms with Crippen molar-refractivity contribution in [2.45, 2.75) is 56.6 Å². The zero-order valence-corrected chi connectivity index (χ0v) is 25.4. The molecule has 238 valence electrons. The van der Waals surface area contributed by atoms with Gasteiger partial charge in [-0.3, -0.25) is 28.7 Å². The Balaban J connectivity index is 0.000000172. The number of aliphatic hydroxyl groups is 4. The van der Waals surface area contributed by atoms with Crippen molar-refractivity contribution in [1.82, 2.24) is 19.1 Å². The van der Waals surface area contributed by atoms with Gasteiger partial charge in [0.05, 0.1) is 47.1 Å². The van der Waals surface area contributed by atoms with E-state index in [-0.39, 0.29) is 31.6 Å². The molecule has 17 heteroatoms. The predicted octanol–water partition coefficient (Wildman–Crippen LogP) is -0.193. The van der Waals surface area contributed by atoms with Crippen LogP contribution in [0, 0.1) is 10.5 Å². The van der Waals surface area contributed by atoms with Gasteiger partial charge >= 0.3 is 11.4 Å². The highest BCUT2D eigenvalue weighted by atomic mass is 127. The van der Waals surface area contributed by atoms with Crippen LogP contribution in [0.1, 0.15) is 31.1 Å². The maximum Gasteiger partial charge on any atom is 0.330 e. The van der Waals surface area contributed by atoms with E-state index in [0.717, 1.165) is 5.76 Å². The van der Waals surface area contributed by atoms with Crippen molar-refractivity contribution in [3.05, 3.63) is 100 Å². The number of halogens is 1. The predicted molar refractivity (Wildman–Crippen MR) is 160 cm³/mol. The number of aryl methyl sites for hydroxylation is 1. The molecule has 0 radical (unpaired) electrons. The van der Waals surface area contributed by atoms with E-state index in [1.807, 2.05) is 19.1 Å². The van der Waals surface area contributed by atoms with E-state index in [9.17, 15) is 29.4 Å². The Morgan fingerprint density at radius 1 is 0.818 bits per heavy atom. The van der Waals surface area contributed by atoms with Gasteiger partial charge in [0, 0.05) is 25.2 Å². The van der Waals surface area contributed by atoms with Gasteiger partial charge < -0.3 is 38.7 Å². The molecule has 4 aromatic heterocycles. The highest BCUT2D eigenvalue weighted by Crippen LogP contribution is 2.28. The van der Waals surface area contributed by atoms with Crippen molar-refractivity contribution < 1.29 is 38.7 Å². The van der Waals surface area contributed by atoms with E-state index in [1.54, 1.807) is 41.0 Å². The van der Waals surface area contributed by atoms with Gasteiger partial charge in [0.25, 0.3) is 11.1 Å². The van der Waals surface area contributed by atoms with Crippen LogP contribution in [-0.4, -0.2) is 77.2 Å². The topological polar surface area (TPSA) is 235 Å². The van der Waals surface area contributed by atoms with Gasteiger partial charge in [-0.1, -0.05) is 0 Å². The van der Waals surface area contributed by atoms with E-state index in [4.69, 9.17) is 28.5 Å². The van der Waals surface area contributed by atoms with Crippen molar-refractivity contribution in [3.63, 3.8) is 0 Å². The Labute approximate surface area is 261 Å². The van der Waals surface area contributed by atoms with Gasteiger partial charge in [-0.2, -0.15) is 0 Å².